The summed E-state index contributed by atoms with van der Waals surface area (Å²) in [6, 6.07) is 15.5. The zero-order valence-electron chi connectivity index (χ0n) is 15.6. The van der Waals surface area contributed by atoms with Crippen LogP contribution in [0.2, 0.25) is 0 Å². The Kier molecular flexibility index (Phi) is 7.73. The van der Waals surface area contributed by atoms with E-state index in [1.807, 2.05) is 26.0 Å². The number of nitrogens with one attached hydrogen (secondary N) is 1. The molecular weight excluding hydrogens is 344 g/mol. The van der Waals surface area contributed by atoms with Gasteiger partial charge in [-0.15, -0.1) is 11.8 Å². The SMILES string of the molecule is CCN(CC)C(=O)c1ccccc1NC(=O)CSCc1ccc(C)cc1. The molecular formula is C21H26N2O2S. The Morgan fingerprint density at radius 2 is 1.65 bits per heavy atom. The molecule has 0 saturated carbocycles. The second-order valence-electron chi connectivity index (χ2n) is 6.05. The molecule has 138 valence electrons. The van der Waals surface area contributed by atoms with Gasteiger partial charge in [-0.1, -0.05) is 42.0 Å². The number of hydrogen-bond acceptors (Lipinski definition) is 3. The largest absolute Gasteiger partial charge is 0.339 e. The Balaban J connectivity index is 1.94. The van der Waals surface area contributed by atoms with Gasteiger partial charge < -0.3 is 10.2 Å². The van der Waals surface area contributed by atoms with Crippen LogP contribution in [0.3, 0.4) is 0 Å². The monoisotopic (exact) mass is 370 g/mol. The van der Waals surface area contributed by atoms with Crippen molar-refractivity contribution in [2.24, 2.45) is 0 Å². The lowest BCUT2D eigenvalue weighted by Crippen LogP contribution is -2.31. The van der Waals surface area contributed by atoms with Gasteiger partial charge in [0.25, 0.3) is 5.91 Å². The van der Waals surface area contributed by atoms with Crippen molar-refractivity contribution < 1.29 is 9.59 Å². The van der Waals surface area contributed by atoms with Crippen molar-refractivity contribution in [1.29, 1.82) is 0 Å². The number of hydrogen-bond donors (Lipinski definition) is 1. The van der Waals surface area contributed by atoms with Crippen LogP contribution in [0.1, 0.15) is 35.3 Å². The topological polar surface area (TPSA) is 49.4 Å². The van der Waals surface area contributed by atoms with Crippen LogP contribution in [0.15, 0.2) is 48.5 Å². The Labute approximate surface area is 160 Å². The van der Waals surface area contributed by atoms with E-state index in [1.54, 1.807) is 28.8 Å². The van der Waals surface area contributed by atoms with Crippen LogP contribution >= 0.6 is 11.8 Å². The first-order chi connectivity index (χ1) is 12.5. The minimum absolute atomic E-state index is 0.0572. The highest BCUT2D eigenvalue weighted by Gasteiger charge is 2.17. The Morgan fingerprint density at radius 3 is 2.31 bits per heavy atom. The summed E-state index contributed by atoms with van der Waals surface area (Å²) >= 11 is 1.56. The first-order valence-corrected chi connectivity index (χ1v) is 10.0. The molecule has 0 aliphatic rings. The van der Waals surface area contributed by atoms with Crippen LogP contribution < -0.4 is 5.32 Å². The first-order valence-electron chi connectivity index (χ1n) is 8.86. The zero-order chi connectivity index (χ0) is 18.9. The van der Waals surface area contributed by atoms with Gasteiger partial charge in [0.05, 0.1) is 17.0 Å². The van der Waals surface area contributed by atoms with Crippen LogP contribution in [0.4, 0.5) is 5.69 Å². The highest BCUT2D eigenvalue weighted by atomic mass is 32.2. The summed E-state index contributed by atoms with van der Waals surface area (Å²) in [4.78, 5) is 26.6. The van der Waals surface area contributed by atoms with Crippen molar-refractivity contribution in [2.75, 3.05) is 24.2 Å². The molecule has 2 aromatic rings. The van der Waals surface area contributed by atoms with Gasteiger partial charge in [-0.2, -0.15) is 0 Å². The number of carbonyl (C=O) groups excluding carboxylic acids is 2. The lowest BCUT2D eigenvalue weighted by molar-refractivity contribution is -0.113. The summed E-state index contributed by atoms with van der Waals surface area (Å²) in [5.74, 6) is 0.982. The summed E-state index contributed by atoms with van der Waals surface area (Å²) in [6.07, 6.45) is 0. The molecule has 5 heteroatoms. The standard InChI is InChI=1S/C21H26N2O2S/c1-4-23(5-2)21(25)18-8-6-7-9-19(18)22-20(24)15-26-14-17-12-10-16(3)11-13-17/h6-13H,4-5,14-15H2,1-3H3,(H,22,24). The molecule has 2 amide bonds. The molecule has 2 aromatic carbocycles. The van der Waals surface area contributed by atoms with Gasteiger partial charge in [-0.25, -0.2) is 0 Å². The predicted molar refractivity (Wildman–Crippen MR) is 110 cm³/mol. The fraction of sp³-hybridized carbons (Fsp3) is 0.333. The quantitative estimate of drug-likeness (QED) is 0.751. The van der Waals surface area contributed by atoms with Crippen LogP contribution in [0.5, 0.6) is 0 Å². The summed E-state index contributed by atoms with van der Waals surface area (Å²) in [5, 5.41) is 2.88. The highest BCUT2D eigenvalue weighted by molar-refractivity contribution is 7.99. The zero-order valence-corrected chi connectivity index (χ0v) is 16.4. The Morgan fingerprint density at radius 1 is 1.00 bits per heavy atom. The molecule has 0 atom stereocenters. The number of anilines is 1. The molecule has 0 fully saturated rings. The Bertz CT molecular complexity index is 740. The average Bonchev–Trinajstić information content (AvgIpc) is 2.64. The van der Waals surface area contributed by atoms with Crippen molar-refractivity contribution in [1.82, 2.24) is 4.90 Å². The number of rotatable bonds is 8. The number of nitrogens with zero attached hydrogens (tertiary/aromatic N) is 1. The summed E-state index contributed by atoms with van der Waals surface area (Å²) in [5.41, 5.74) is 3.54. The number of benzene rings is 2. The molecule has 0 radical (unpaired) electrons. The third-order valence-corrected chi connectivity index (χ3v) is 5.11. The number of thioether (sulfide) groups is 1. The minimum Gasteiger partial charge on any atom is -0.339 e. The fourth-order valence-electron chi connectivity index (χ4n) is 2.59. The molecule has 0 spiro atoms. The third kappa shape index (κ3) is 5.63. The van der Waals surface area contributed by atoms with Crippen LogP contribution in [0, 0.1) is 6.92 Å². The van der Waals surface area contributed by atoms with Crippen LogP contribution in [-0.2, 0) is 10.5 Å². The van der Waals surface area contributed by atoms with E-state index in [0.29, 0.717) is 30.1 Å². The van der Waals surface area contributed by atoms with E-state index in [9.17, 15) is 9.59 Å². The maximum absolute atomic E-state index is 12.6. The van der Waals surface area contributed by atoms with Crippen molar-refractivity contribution in [2.45, 2.75) is 26.5 Å². The van der Waals surface area contributed by atoms with E-state index < -0.39 is 0 Å². The molecule has 0 heterocycles. The molecule has 0 unspecified atom stereocenters. The molecule has 26 heavy (non-hydrogen) atoms. The van der Waals surface area contributed by atoms with Crippen LogP contribution in [0.25, 0.3) is 0 Å². The van der Waals surface area contributed by atoms with Gasteiger partial charge in [-0.05, 0) is 38.5 Å². The summed E-state index contributed by atoms with van der Waals surface area (Å²) in [7, 11) is 0. The molecule has 4 nitrogen and oxygen atoms in total. The maximum atomic E-state index is 12.6. The lowest BCUT2D eigenvalue weighted by atomic mass is 10.1. The van der Waals surface area contributed by atoms with Crippen molar-refractivity contribution in [3.63, 3.8) is 0 Å². The lowest BCUT2D eigenvalue weighted by Gasteiger charge is -2.20. The Hall–Kier alpha value is -2.27. The van der Waals surface area contributed by atoms with Gasteiger partial charge in [-0.3, -0.25) is 9.59 Å². The molecule has 0 aromatic heterocycles. The average molecular weight is 371 g/mol. The second kappa shape index (κ2) is 10.0. The second-order valence-corrected chi connectivity index (χ2v) is 7.04. The molecule has 0 aliphatic heterocycles. The molecule has 1 N–H and O–H groups in total. The van der Waals surface area contributed by atoms with Crippen LogP contribution in [-0.4, -0.2) is 35.6 Å². The third-order valence-electron chi connectivity index (χ3n) is 4.10. The van der Waals surface area contributed by atoms with Crippen molar-refractivity contribution in [3.8, 4) is 0 Å². The normalized spacial score (nSPS) is 10.4. The van der Waals surface area contributed by atoms with Gasteiger partial charge in [0.2, 0.25) is 5.91 Å². The predicted octanol–water partition coefficient (Wildman–Crippen LogP) is 4.35. The number of para-hydroxylation sites is 1. The molecule has 2 rings (SSSR count). The minimum atomic E-state index is -0.0955. The maximum Gasteiger partial charge on any atom is 0.255 e. The van der Waals surface area contributed by atoms with Crippen molar-refractivity contribution >= 4 is 29.3 Å². The number of aryl methyl sites for hydroxylation is 1. The number of carbonyl (C=O) groups is 2. The number of amides is 2. The van der Waals surface area contributed by atoms with E-state index in [2.05, 4.69) is 36.5 Å². The first kappa shape index (κ1) is 20.0. The van der Waals surface area contributed by atoms with Gasteiger partial charge in [0.1, 0.15) is 0 Å². The van der Waals surface area contributed by atoms with Gasteiger partial charge in [0, 0.05) is 18.8 Å². The fourth-order valence-corrected chi connectivity index (χ4v) is 3.38. The van der Waals surface area contributed by atoms with Gasteiger partial charge in [0.15, 0.2) is 0 Å². The van der Waals surface area contributed by atoms with Crippen molar-refractivity contribution in [3.05, 3.63) is 65.2 Å². The van der Waals surface area contributed by atoms with E-state index in [0.717, 1.165) is 5.75 Å². The van der Waals surface area contributed by atoms with Gasteiger partial charge >= 0.3 is 0 Å². The summed E-state index contributed by atoms with van der Waals surface area (Å²) < 4.78 is 0. The van der Waals surface area contributed by atoms with E-state index >= 15 is 0 Å². The summed E-state index contributed by atoms with van der Waals surface area (Å²) in [6.45, 7) is 7.24. The molecule has 0 saturated heterocycles. The highest BCUT2D eigenvalue weighted by Crippen LogP contribution is 2.19. The van der Waals surface area contributed by atoms with E-state index in [-0.39, 0.29) is 11.8 Å². The molecule has 0 bridgehead atoms. The smallest absolute Gasteiger partial charge is 0.255 e. The van der Waals surface area contributed by atoms with E-state index in [1.165, 1.54) is 11.1 Å². The van der Waals surface area contributed by atoms with E-state index in [4.69, 9.17) is 0 Å². The molecule has 0 aliphatic carbocycles.